The van der Waals surface area contributed by atoms with Gasteiger partial charge >= 0.3 is 5.97 Å². The van der Waals surface area contributed by atoms with E-state index in [0.29, 0.717) is 0 Å². The average Bonchev–Trinajstić information content (AvgIpc) is 2.62. The maximum Gasteiger partial charge on any atom is 0.351 e. The standard InChI is InChI=1S/C11H9ClFNO3/c1-11(10(15)16)5-8(14-17-11)9-6(12)3-2-4-7(9)13/h2-4H,5H2,1H3,(H,15,16). The highest BCUT2D eigenvalue weighted by atomic mass is 35.5. The van der Waals surface area contributed by atoms with Crippen LogP contribution in [0.25, 0.3) is 0 Å². The van der Waals surface area contributed by atoms with Crippen LogP contribution >= 0.6 is 11.6 Å². The van der Waals surface area contributed by atoms with Gasteiger partial charge in [-0.2, -0.15) is 0 Å². The summed E-state index contributed by atoms with van der Waals surface area (Å²) < 4.78 is 13.6. The Morgan fingerprint density at radius 2 is 2.35 bits per heavy atom. The Morgan fingerprint density at radius 1 is 1.65 bits per heavy atom. The van der Waals surface area contributed by atoms with Gasteiger partial charge in [0.05, 0.1) is 16.3 Å². The topological polar surface area (TPSA) is 58.9 Å². The molecule has 0 saturated carbocycles. The van der Waals surface area contributed by atoms with Crippen molar-refractivity contribution in [2.45, 2.75) is 18.9 Å². The van der Waals surface area contributed by atoms with Crippen LogP contribution in [0, 0.1) is 5.82 Å². The number of hydrogen-bond donors (Lipinski definition) is 1. The monoisotopic (exact) mass is 257 g/mol. The van der Waals surface area contributed by atoms with Crippen LogP contribution in [-0.4, -0.2) is 22.4 Å². The third kappa shape index (κ3) is 1.98. The highest BCUT2D eigenvalue weighted by Crippen LogP contribution is 2.30. The van der Waals surface area contributed by atoms with Gasteiger partial charge in [-0.05, 0) is 19.1 Å². The van der Waals surface area contributed by atoms with Gasteiger partial charge in [-0.15, -0.1) is 0 Å². The predicted molar refractivity (Wildman–Crippen MR) is 59.7 cm³/mol. The Morgan fingerprint density at radius 3 is 2.88 bits per heavy atom. The Bertz CT molecular complexity index is 497. The van der Waals surface area contributed by atoms with Gasteiger partial charge in [0.2, 0.25) is 5.60 Å². The summed E-state index contributed by atoms with van der Waals surface area (Å²) in [6.45, 7) is 1.38. The maximum absolute atomic E-state index is 13.6. The molecule has 1 N–H and O–H groups in total. The van der Waals surface area contributed by atoms with Gasteiger partial charge in [0.15, 0.2) is 0 Å². The molecule has 0 fully saturated rings. The number of oxime groups is 1. The van der Waals surface area contributed by atoms with E-state index in [9.17, 15) is 9.18 Å². The molecule has 0 amide bonds. The highest BCUT2D eigenvalue weighted by Gasteiger charge is 2.43. The fourth-order valence-corrected chi connectivity index (χ4v) is 1.83. The van der Waals surface area contributed by atoms with Gasteiger partial charge in [0.1, 0.15) is 5.82 Å². The Hall–Kier alpha value is -1.62. The molecule has 90 valence electrons. The number of benzene rings is 1. The van der Waals surface area contributed by atoms with E-state index in [4.69, 9.17) is 21.5 Å². The Balaban J connectivity index is 2.36. The van der Waals surface area contributed by atoms with Gasteiger partial charge in [-0.1, -0.05) is 22.8 Å². The third-order valence-electron chi connectivity index (χ3n) is 2.57. The second-order valence-corrected chi connectivity index (χ2v) is 4.35. The van der Waals surface area contributed by atoms with Crippen molar-refractivity contribution >= 4 is 23.3 Å². The molecule has 1 aliphatic rings. The molecule has 1 aliphatic heterocycles. The molecule has 1 unspecified atom stereocenters. The van der Waals surface area contributed by atoms with Crippen molar-refractivity contribution in [1.82, 2.24) is 0 Å². The molecule has 0 spiro atoms. The molecule has 2 rings (SSSR count). The first-order chi connectivity index (χ1) is 7.94. The van der Waals surface area contributed by atoms with Crippen molar-refractivity contribution in [3.05, 3.63) is 34.6 Å². The highest BCUT2D eigenvalue weighted by molar-refractivity contribution is 6.34. The normalized spacial score (nSPS) is 23.1. The van der Waals surface area contributed by atoms with Crippen molar-refractivity contribution in [2.24, 2.45) is 5.16 Å². The number of hydrogen-bond acceptors (Lipinski definition) is 3. The molecule has 1 aromatic rings. The van der Waals surface area contributed by atoms with Crippen LogP contribution in [0.5, 0.6) is 0 Å². The lowest BCUT2D eigenvalue weighted by molar-refractivity contribution is -0.160. The van der Waals surface area contributed by atoms with Crippen LogP contribution in [0.15, 0.2) is 23.4 Å². The number of carboxylic acid groups (broad SMARTS) is 1. The van der Waals surface area contributed by atoms with Crippen LogP contribution in [-0.2, 0) is 9.63 Å². The molecule has 0 saturated heterocycles. The van der Waals surface area contributed by atoms with Crippen LogP contribution in [0.3, 0.4) is 0 Å². The van der Waals surface area contributed by atoms with Crippen molar-refractivity contribution in [3.8, 4) is 0 Å². The van der Waals surface area contributed by atoms with E-state index < -0.39 is 17.4 Å². The van der Waals surface area contributed by atoms with Crippen LogP contribution < -0.4 is 0 Å². The van der Waals surface area contributed by atoms with Crippen molar-refractivity contribution < 1.29 is 19.1 Å². The van der Waals surface area contributed by atoms with Crippen LogP contribution in [0.2, 0.25) is 5.02 Å². The molecule has 4 nitrogen and oxygen atoms in total. The van der Waals surface area contributed by atoms with E-state index in [1.807, 2.05) is 0 Å². The summed E-state index contributed by atoms with van der Waals surface area (Å²) in [6, 6.07) is 4.22. The van der Waals surface area contributed by atoms with Gasteiger partial charge in [0.25, 0.3) is 0 Å². The van der Waals surface area contributed by atoms with E-state index in [1.54, 1.807) is 0 Å². The quantitative estimate of drug-likeness (QED) is 0.885. The molecule has 6 heteroatoms. The first kappa shape index (κ1) is 11.9. The number of nitrogens with zero attached hydrogens (tertiary/aromatic N) is 1. The second-order valence-electron chi connectivity index (χ2n) is 3.94. The zero-order chi connectivity index (χ0) is 12.6. The van der Waals surface area contributed by atoms with Crippen molar-refractivity contribution in [1.29, 1.82) is 0 Å². The van der Waals surface area contributed by atoms with Gasteiger partial charge in [-0.3, -0.25) is 0 Å². The van der Waals surface area contributed by atoms with Gasteiger partial charge < -0.3 is 9.94 Å². The fraction of sp³-hybridized carbons (Fsp3) is 0.273. The fourth-order valence-electron chi connectivity index (χ4n) is 1.56. The summed E-state index contributed by atoms with van der Waals surface area (Å²) in [5.41, 5.74) is -1.15. The summed E-state index contributed by atoms with van der Waals surface area (Å²) >= 11 is 5.86. The molecule has 1 heterocycles. The molecule has 0 aliphatic carbocycles. The Labute approximate surface area is 102 Å². The van der Waals surface area contributed by atoms with Gasteiger partial charge in [0, 0.05) is 6.42 Å². The zero-order valence-corrected chi connectivity index (χ0v) is 9.66. The minimum Gasteiger partial charge on any atom is -0.478 e. The van der Waals surface area contributed by atoms with Crippen LogP contribution in [0.4, 0.5) is 4.39 Å². The zero-order valence-electron chi connectivity index (χ0n) is 8.91. The summed E-state index contributed by atoms with van der Waals surface area (Å²) in [5.74, 6) is -1.70. The predicted octanol–water partition coefficient (Wildman–Crippen LogP) is 2.45. The number of rotatable bonds is 2. The smallest absolute Gasteiger partial charge is 0.351 e. The molecule has 1 aromatic carbocycles. The number of halogens is 2. The number of carbonyl (C=O) groups is 1. The SMILES string of the molecule is CC1(C(=O)O)CC(c2c(F)cccc2Cl)=NO1. The van der Waals surface area contributed by atoms with E-state index in [0.717, 1.165) is 0 Å². The van der Waals surface area contributed by atoms with Crippen molar-refractivity contribution in [3.63, 3.8) is 0 Å². The minimum atomic E-state index is -1.46. The number of carboxylic acids is 1. The van der Waals surface area contributed by atoms with Crippen molar-refractivity contribution in [2.75, 3.05) is 0 Å². The minimum absolute atomic E-state index is 0.0248. The summed E-state index contributed by atoms with van der Waals surface area (Å²) in [5, 5.41) is 12.7. The average molecular weight is 258 g/mol. The largest absolute Gasteiger partial charge is 0.478 e. The van der Waals surface area contributed by atoms with E-state index in [-0.39, 0.29) is 22.7 Å². The van der Waals surface area contributed by atoms with Gasteiger partial charge in [-0.25, -0.2) is 9.18 Å². The second kappa shape index (κ2) is 4.00. The first-order valence-electron chi connectivity index (χ1n) is 4.87. The van der Waals surface area contributed by atoms with Crippen LogP contribution in [0.1, 0.15) is 18.9 Å². The molecular weight excluding hydrogens is 249 g/mol. The molecule has 0 radical (unpaired) electrons. The maximum atomic E-state index is 13.6. The molecule has 0 bridgehead atoms. The molecular formula is C11H9ClFNO3. The lowest BCUT2D eigenvalue weighted by atomic mass is 9.96. The molecule has 0 aromatic heterocycles. The Kier molecular flexibility index (Phi) is 2.79. The van der Waals surface area contributed by atoms with E-state index >= 15 is 0 Å². The molecule has 17 heavy (non-hydrogen) atoms. The first-order valence-corrected chi connectivity index (χ1v) is 5.25. The van der Waals surface area contributed by atoms with E-state index in [2.05, 4.69) is 5.16 Å². The third-order valence-corrected chi connectivity index (χ3v) is 2.88. The number of aliphatic carboxylic acids is 1. The lowest BCUT2D eigenvalue weighted by Crippen LogP contribution is -2.35. The summed E-state index contributed by atoms with van der Waals surface area (Å²) in [4.78, 5) is 15.8. The van der Waals surface area contributed by atoms with E-state index in [1.165, 1.54) is 25.1 Å². The lowest BCUT2D eigenvalue weighted by Gasteiger charge is -2.14. The summed E-state index contributed by atoms with van der Waals surface area (Å²) in [7, 11) is 0. The summed E-state index contributed by atoms with van der Waals surface area (Å²) in [6.07, 6.45) is -0.0248. The molecule has 1 atom stereocenters.